The van der Waals surface area contributed by atoms with Gasteiger partial charge in [-0.25, -0.2) is 4.52 Å². The standard InChI is InChI=1S/C31H30N4S/c1-3-22-14-18-23(19-15-22)27-26-11-7-8-20-34-29(24-16-12-21(2)13-17-24)33-35(31(26)34)28(27)30(36)32-25-9-5-4-6-10-25/h4-6,9-10,12-19H,3,7-8,11,20H2,1-2H3,(H,32,36). The SMILES string of the molecule is CCc1ccc(-c2c3c4n(c(-c5ccc(C)cc5)nn4c2C(=S)Nc2ccccc2)CCCC3)cc1. The van der Waals surface area contributed by atoms with Crippen LogP contribution in [-0.2, 0) is 19.4 Å². The molecule has 0 radical (unpaired) electrons. The minimum Gasteiger partial charge on any atom is -0.345 e. The third-order valence-electron chi connectivity index (χ3n) is 7.19. The van der Waals surface area contributed by atoms with Crippen LogP contribution in [0, 0.1) is 6.92 Å². The average Bonchev–Trinajstić information content (AvgIpc) is 3.32. The van der Waals surface area contributed by atoms with Crippen LogP contribution in [0.5, 0.6) is 0 Å². The van der Waals surface area contributed by atoms with E-state index in [0.717, 1.165) is 55.0 Å². The van der Waals surface area contributed by atoms with Gasteiger partial charge in [-0.2, -0.15) is 0 Å². The lowest BCUT2D eigenvalue weighted by atomic mass is 9.96. The fraction of sp³-hybridized carbons (Fsp3) is 0.226. The summed E-state index contributed by atoms with van der Waals surface area (Å²) >= 11 is 6.09. The van der Waals surface area contributed by atoms with Crippen LogP contribution >= 0.6 is 12.2 Å². The summed E-state index contributed by atoms with van der Waals surface area (Å²) in [6, 6.07) is 27.8. The Kier molecular flexibility index (Phi) is 5.94. The Bertz CT molecular complexity index is 1540. The summed E-state index contributed by atoms with van der Waals surface area (Å²) < 4.78 is 4.52. The van der Waals surface area contributed by atoms with Crippen molar-refractivity contribution in [1.29, 1.82) is 0 Å². The largest absolute Gasteiger partial charge is 0.345 e. The number of hydrogen-bond donors (Lipinski definition) is 1. The Morgan fingerprint density at radius 1 is 0.917 bits per heavy atom. The summed E-state index contributed by atoms with van der Waals surface area (Å²) in [7, 11) is 0. The van der Waals surface area contributed by atoms with Crippen LogP contribution in [0.4, 0.5) is 5.69 Å². The van der Waals surface area contributed by atoms with Crippen molar-refractivity contribution >= 4 is 28.5 Å². The first-order valence-corrected chi connectivity index (χ1v) is 13.2. The minimum absolute atomic E-state index is 0.692. The number of thiocarbonyl (C=S) groups is 1. The molecule has 0 saturated heterocycles. The van der Waals surface area contributed by atoms with E-state index in [4.69, 9.17) is 17.3 Å². The second-order valence-electron chi connectivity index (χ2n) is 9.61. The number of benzene rings is 3. The summed E-state index contributed by atoms with van der Waals surface area (Å²) in [6.07, 6.45) is 4.32. The van der Waals surface area contributed by atoms with Gasteiger partial charge >= 0.3 is 0 Å². The molecular formula is C31H30N4S. The van der Waals surface area contributed by atoms with Gasteiger partial charge in [-0.1, -0.05) is 91.4 Å². The van der Waals surface area contributed by atoms with Gasteiger partial charge in [-0.3, -0.25) is 0 Å². The van der Waals surface area contributed by atoms with Crippen LogP contribution in [0.2, 0.25) is 0 Å². The van der Waals surface area contributed by atoms with E-state index in [1.165, 1.54) is 33.5 Å². The van der Waals surface area contributed by atoms with Crippen molar-refractivity contribution in [3.05, 3.63) is 101 Å². The van der Waals surface area contributed by atoms with Gasteiger partial charge in [0.25, 0.3) is 0 Å². The molecule has 0 saturated carbocycles. The molecule has 3 aromatic carbocycles. The van der Waals surface area contributed by atoms with Gasteiger partial charge in [0.2, 0.25) is 0 Å². The second-order valence-corrected chi connectivity index (χ2v) is 10.0. The second kappa shape index (κ2) is 9.40. The molecule has 0 bridgehead atoms. The van der Waals surface area contributed by atoms with E-state index < -0.39 is 0 Å². The number of nitrogens with one attached hydrogen (secondary N) is 1. The van der Waals surface area contributed by atoms with Gasteiger partial charge in [0, 0.05) is 28.9 Å². The van der Waals surface area contributed by atoms with Crippen LogP contribution < -0.4 is 5.32 Å². The Labute approximate surface area is 217 Å². The van der Waals surface area contributed by atoms with Crippen LogP contribution in [0.25, 0.3) is 28.2 Å². The van der Waals surface area contributed by atoms with Crippen molar-refractivity contribution in [1.82, 2.24) is 14.2 Å². The van der Waals surface area contributed by atoms with Crippen molar-refractivity contribution in [2.75, 3.05) is 5.32 Å². The highest BCUT2D eigenvalue weighted by Crippen LogP contribution is 2.39. The quantitative estimate of drug-likeness (QED) is 0.260. The highest BCUT2D eigenvalue weighted by molar-refractivity contribution is 7.81. The van der Waals surface area contributed by atoms with E-state index in [1.807, 2.05) is 30.3 Å². The molecule has 0 spiro atoms. The monoisotopic (exact) mass is 490 g/mol. The lowest BCUT2D eigenvalue weighted by Gasteiger charge is -2.12. The molecule has 1 aliphatic heterocycles. The highest BCUT2D eigenvalue weighted by atomic mass is 32.1. The summed E-state index contributed by atoms with van der Waals surface area (Å²) in [5, 5.41) is 8.71. The van der Waals surface area contributed by atoms with E-state index in [0.29, 0.717) is 4.99 Å². The summed E-state index contributed by atoms with van der Waals surface area (Å²) in [5.41, 5.74) is 10.6. The highest BCUT2D eigenvalue weighted by Gasteiger charge is 2.29. The van der Waals surface area contributed by atoms with Crippen molar-refractivity contribution in [3.63, 3.8) is 0 Å². The van der Waals surface area contributed by atoms with E-state index in [1.54, 1.807) is 0 Å². The topological polar surface area (TPSA) is 34.3 Å². The fourth-order valence-corrected chi connectivity index (χ4v) is 5.60. The normalized spacial score (nSPS) is 13.1. The first-order chi connectivity index (χ1) is 17.6. The van der Waals surface area contributed by atoms with Gasteiger partial charge < -0.3 is 9.88 Å². The van der Waals surface area contributed by atoms with E-state index in [-0.39, 0.29) is 0 Å². The van der Waals surface area contributed by atoms with Crippen molar-refractivity contribution in [2.24, 2.45) is 0 Å². The summed E-state index contributed by atoms with van der Waals surface area (Å²) in [6.45, 7) is 5.27. The third kappa shape index (κ3) is 3.94. The molecule has 0 amide bonds. The molecule has 5 heteroatoms. The molecular weight excluding hydrogens is 460 g/mol. The van der Waals surface area contributed by atoms with Crippen molar-refractivity contribution in [2.45, 2.75) is 46.1 Å². The minimum atomic E-state index is 0.692. The summed E-state index contributed by atoms with van der Waals surface area (Å²) in [5.74, 6) is 1.00. The molecule has 5 aromatic rings. The zero-order chi connectivity index (χ0) is 24.6. The van der Waals surface area contributed by atoms with Crippen molar-refractivity contribution in [3.8, 4) is 22.5 Å². The molecule has 1 N–H and O–H groups in total. The molecule has 0 unspecified atom stereocenters. The molecule has 0 aliphatic carbocycles. The Hall–Kier alpha value is -3.70. The molecule has 2 aromatic heterocycles. The Balaban J connectivity index is 1.60. The molecule has 3 heterocycles. The third-order valence-corrected chi connectivity index (χ3v) is 7.49. The van der Waals surface area contributed by atoms with Crippen LogP contribution in [0.15, 0.2) is 78.9 Å². The maximum absolute atomic E-state index is 6.09. The molecule has 180 valence electrons. The maximum Gasteiger partial charge on any atom is 0.162 e. The molecule has 0 atom stereocenters. The Morgan fingerprint density at radius 3 is 2.36 bits per heavy atom. The molecule has 0 fully saturated rings. The van der Waals surface area contributed by atoms with Gasteiger partial charge in [-0.05, 0) is 55.9 Å². The first-order valence-electron chi connectivity index (χ1n) is 12.8. The first kappa shape index (κ1) is 22.7. The zero-order valence-corrected chi connectivity index (χ0v) is 21.6. The van der Waals surface area contributed by atoms with Gasteiger partial charge in [0.15, 0.2) is 5.82 Å². The van der Waals surface area contributed by atoms with E-state index in [9.17, 15) is 0 Å². The number of nitrogens with zero attached hydrogens (tertiary/aromatic N) is 3. The zero-order valence-electron chi connectivity index (χ0n) is 20.8. The molecule has 6 rings (SSSR count). The van der Waals surface area contributed by atoms with E-state index >= 15 is 0 Å². The fourth-order valence-electron chi connectivity index (χ4n) is 5.29. The smallest absolute Gasteiger partial charge is 0.162 e. The van der Waals surface area contributed by atoms with Gasteiger partial charge in [0.1, 0.15) is 16.3 Å². The lowest BCUT2D eigenvalue weighted by Crippen LogP contribution is -2.14. The molecule has 1 aliphatic rings. The number of rotatable bonds is 5. The summed E-state index contributed by atoms with van der Waals surface area (Å²) in [4.78, 5) is 0.692. The Morgan fingerprint density at radius 2 is 1.64 bits per heavy atom. The van der Waals surface area contributed by atoms with Crippen LogP contribution in [0.1, 0.15) is 42.1 Å². The van der Waals surface area contributed by atoms with Crippen LogP contribution in [0.3, 0.4) is 0 Å². The predicted octanol–water partition coefficient (Wildman–Crippen LogP) is 7.46. The van der Waals surface area contributed by atoms with Crippen molar-refractivity contribution < 1.29 is 0 Å². The number of aromatic nitrogens is 3. The lowest BCUT2D eigenvalue weighted by molar-refractivity contribution is 0.645. The molecule has 4 nitrogen and oxygen atoms in total. The number of hydrogen-bond acceptors (Lipinski definition) is 2. The van der Waals surface area contributed by atoms with Gasteiger partial charge in [-0.15, -0.1) is 5.10 Å². The number of para-hydroxylation sites is 1. The molecule has 36 heavy (non-hydrogen) atoms. The van der Waals surface area contributed by atoms with Crippen LogP contribution in [-0.4, -0.2) is 19.2 Å². The average molecular weight is 491 g/mol. The predicted molar refractivity (Wildman–Crippen MR) is 153 cm³/mol. The van der Waals surface area contributed by atoms with E-state index in [2.05, 4.69) is 76.8 Å². The number of aryl methyl sites for hydroxylation is 4. The van der Waals surface area contributed by atoms with Gasteiger partial charge in [0.05, 0.1) is 0 Å². The number of anilines is 1. The maximum atomic E-state index is 6.09.